The van der Waals surface area contributed by atoms with Crippen LogP contribution in [0.25, 0.3) is 0 Å². The maximum atomic E-state index is 13.8. The molecule has 0 radical (unpaired) electrons. The first-order chi connectivity index (χ1) is 17.8. The van der Waals surface area contributed by atoms with E-state index >= 15 is 0 Å². The second-order valence-corrected chi connectivity index (χ2v) is 8.92. The molecule has 1 aliphatic heterocycles. The number of likely N-dealkylation sites (N-methyl/N-ethyl adjacent to an activating group) is 1. The monoisotopic (exact) mass is 513 g/mol. The number of ether oxygens (including phenoxy) is 4. The van der Waals surface area contributed by atoms with E-state index in [4.69, 9.17) is 18.9 Å². The zero-order valence-electron chi connectivity index (χ0n) is 22.9. The Bertz CT molecular complexity index is 1100. The molecule has 0 fully saturated rings. The lowest BCUT2D eigenvalue weighted by Gasteiger charge is -2.40. The average Bonchev–Trinajstić information content (AvgIpc) is 2.93. The van der Waals surface area contributed by atoms with Gasteiger partial charge in [-0.3, -0.25) is 9.59 Å². The molecular weight excluding hydrogens is 474 g/mol. The van der Waals surface area contributed by atoms with Gasteiger partial charge >= 0.3 is 0 Å². The molecule has 0 aliphatic carbocycles. The first-order valence-electron chi connectivity index (χ1n) is 12.6. The van der Waals surface area contributed by atoms with Gasteiger partial charge in [-0.1, -0.05) is 19.9 Å². The lowest BCUT2D eigenvalue weighted by atomic mass is 9.79. The van der Waals surface area contributed by atoms with Crippen LogP contribution in [0, 0.1) is 0 Å². The van der Waals surface area contributed by atoms with Crippen LogP contribution >= 0.6 is 0 Å². The minimum absolute atomic E-state index is 0.160. The van der Waals surface area contributed by atoms with Gasteiger partial charge in [-0.15, -0.1) is 0 Å². The molecule has 2 amide bonds. The number of fused-ring (bicyclic) bond motifs is 1. The highest BCUT2D eigenvalue weighted by molar-refractivity contribution is 6.02. The Labute approximate surface area is 219 Å². The van der Waals surface area contributed by atoms with Crippen molar-refractivity contribution in [3.8, 4) is 23.0 Å². The highest BCUT2D eigenvalue weighted by atomic mass is 16.5. The zero-order valence-corrected chi connectivity index (χ0v) is 22.9. The molecule has 3 rings (SSSR count). The second kappa shape index (κ2) is 12.7. The zero-order chi connectivity index (χ0) is 27.1. The Morgan fingerprint density at radius 2 is 1.51 bits per heavy atom. The summed E-state index contributed by atoms with van der Waals surface area (Å²) in [6, 6.07) is 8.30. The molecule has 37 heavy (non-hydrogen) atoms. The van der Waals surface area contributed by atoms with Crippen molar-refractivity contribution in [3.05, 3.63) is 47.0 Å². The molecule has 1 heterocycles. The Hall–Kier alpha value is -3.46. The molecule has 1 aliphatic rings. The van der Waals surface area contributed by atoms with Crippen molar-refractivity contribution >= 4 is 11.8 Å². The summed E-state index contributed by atoms with van der Waals surface area (Å²) in [7, 11) is 7.90. The number of methoxy groups -OCH3 is 4. The van der Waals surface area contributed by atoms with Crippen LogP contribution in [0.2, 0.25) is 0 Å². The number of hydrogen-bond donors (Lipinski definition) is 1. The van der Waals surface area contributed by atoms with E-state index in [1.807, 2.05) is 12.1 Å². The van der Waals surface area contributed by atoms with Gasteiger partial charge in [-0.05, 0) is 61.4 Å². The third-order valence-electron chi connectivity index (χ3n) is 7.05. The van der Waals surface area contributed by atoms with E-state index < -0.39 is 12.0 Å². The number of nitrogens with one attached hydrogen (secondary N) is 1. The number of carbonyl (C=O) groups is 2. The van der Waals surface area contributed by atoms with Crippen molar-refractivity contribution < 1.29 is 28.5 Å². The quantitative estimate of drug-likeness (QED) is 0.435. The maximum Gasteiger partial charge on any atom is 0.254 e. The van der Waals surface area contributed by atoms with E-state index in [9.17, 15) is 9.59 Å². The Morgan fingerprint density at radius 1 is 0.919 bits per heavy atom. The number of rotatable bonds is 12. The number of carbonyl (C=O) groups excluding carboxylic acids is 2. The summed E-state index contributed by atoms with van der Waals surface area (Å²) in [6.07, 6.45) is 0.828. The van der Waals surface area contributed by atoms with Crippen LogP contribution < -0.4 is 24.3 Å². The molecular formula is C28H39N3O6. The molecule has 1 N–H and O–H groups in total. The van der Waals surface area contributed by atoms with E-state index in [0.717, 1.165) is 31.6 Å². The van der Waals surface area contributed by atoms with Gasteiger partial charge in [0, 0.05) is 19.2 Å². The average molecular weight is 514 g/mol. The Morgan fingerprint density at radius 3 is 2.11 bits per heavy atom. The van der Waals surface area contributed by atoms with Crippen molar-refractivity contribution in [2.45, 2.75) is 32.2 Å². The van der Waals surface area contributed by atoms with Gasteiger partial charge in [0.2, 0.25) is 5.91 Å². The number of benzene rings is 2. The topological polar surface area (TPSA) is 89.6 Å². The van der Waals surface area contributed by atoms with Gasteiger partial charge in [0.25, 0.3) is 5.91 Å². The van der Waals surface area contributed by atoms with Gasteiger partial charge in [0.15, 0.2) is 23.0 Å². The summed E-state index contributed by atoms with van der Waals surface area (Å²) in [6.45, 7) is 7.63. The minimum atomic E-state index is -0.677. The number of nitrogens with zero attached hydrogens (tertiary/aromatic N) is 2. The lowest BCUT2D eigenvalue weighted by molar-refractivity contribution is -0.124. The van der Waals surface area contributed by atoms with Gasteiger partial charge in [-0.25, -0.2) is 0 Å². The lowest BCUT2D eigenvalue weighted by Crippen LogP contribution is -2.46. The van der Waals surface area contributed by atoms with E-state index in [1.54, 1.807) is 44.4 Å². The Balaban J connectivity index is 2.06. The number of amides is 2. The third kappa shape index (κ3) is 5.77. The SMILES string of the molecule is CCN(CC)CCCNC(=O)[C@@H]1c2cc(OC)c(OC)cc2C(=O)N(C)[C@@H]1c1ccc(OC)c(OC)c1. The van der Waals surface area contributed by atoms with E-state index in [1.165, 1.54) is 14.2 Å². The Kier molecular flexibility index (Phi) is 9.63. The summed E-state index contributed by atoms with van der Waals surface area (Å²) in [5.74, 6) is 0.949. The summed E-state index contributed by atoms with van der Waals surface area (Å²) in [4.78, 5) is 31.3. The molecule has 2 aromatic rings. The second-order valence-electron chi connectivity index (χ2n) is 8.92. The summed E-state index contributed by atoms with van der Waals surface area (Å²) < 4.78 is 21.9. The molecule has 0 spiro atoms. The largest absolute Gasteiger partial charge is 0.493 e. The van der Waals surface area contributed by atoms with Crippen molar-refractivity contribution in [3.63, 3.8) is 0 Å². The van der Waals surface area contributed by atoms with Crippen molar-refractivity contribution in [1.82, 2.24) is 15.1 Å². The highest BCUT2D eigenvalue weighted by Crippen LogP contribution is 2.46. The first kappa shape index (κ1) is 28.1. The fourth-order valence-electron chi connectivity index (χ4n) is 4.95. The smallest absolute Gasteiger partial charge is 0.254 e. The maximum absolute atomic E-state index is 13.8. The predicted octanol–water partition coefficient (Wildman–Crippen LogP) is 3.48. The van der Waals surface area contributed by atoms with Crippen LogP contribution in [-0.2, 0) is 4.79 Å². The standard InChI is InChI=1S/C28H39N3O6/c1-8-31(9-2)14-10-13-29-27(32)25-19-16-23(36-6)24(37-7)17-20(19)28(33)30(3)26(25)18-11-12-21(34-4)22(15-18)35-5/h11-12,15-17,25-26H,8-10,13-14H2,1-7H3,(H,29,32)/t25-,26-/m1/s1. The predicted molar refractivity (Wildman–Crippen MR) is 142 cm³/mol. The van der Waals surface area contributed by atoms with Gasteiger partial charge < -0.3 is 34.1 Å². The van der Waals surface area contributed by atoms with Crippen molar-refractivity contribution in [1.29, 1.82) is 0 Å². The molecule has 202 valence electrons. The van der Waals surface area contributed by atoms with Gasteiger partial charge in [0.1, 0.15) is 0 Å². The third-order valence-corrected chi connectivity index (χ3v) is 7.05. The highest BCUT2D eigenvalue weighted by Gasteiger charge is 2.43. The summed E-state index contributed by atoms with van der Waals surface area (Å²) in [5, 5.41) is 3.12. The summed E-state index contributed by atoms with van der Waals surface area (Å²) in [5.41, 5.74) is 1.78. The van der Waals surface area contributed by atoms with Crippen LogP contribution in [0.3, 0.4) is 0 Å². The molecule has 0 saturated heterocycles. The molecule has 2 aromatic carbocycles. The fourth-order valence-corrected chi connectivity index (χ4v) is 4.95. The molecule has 2 atom stereocenters. The summed E-state index contributed by atoms with van der Waals surface area (Å²) >= 11 is 0. The fraction of sp³-hybridized carbons (Fsp3) is 0.500. The first-order valence-corrected chi connectivity index (χ1v) is 12.6. The molecule has 0 bridgehead atoms. The molecule has 0 unspecified atom stereocenters. The van der Waals surface area contributed by atoms with Crippen LogP contribution in [0.4, 0.5) is 0 Å². The molecule has 9 heteroatoms. The van der Waals surface area contributed by atoms with Crippen molar-refractivity contribution in [2.75, 3.05) is 61.7 Å². The van der Waals surface area contributed by atoms with Crippen LogP contribution in [0.15, 0.2) is 30.3 Å². The van der Waals surface area contributed by atoms with E-state index in [-0.39, 0.29) is 11.8 Å². The van der Waals surface area contributed by atoms with Crippen LogP contribution in [-0.4, -0.2) is 83.3 Å². The molecule has 0 aromatic heterocycles. The van der Waals surface area contributed by atoms with E-state index in [0.29, 0.717) is 40.7 Å². The van der Waals surface area contributed by atoms with Gasteiger partial charge in [0.05, 0.1) is 40.4 Å². The van der Waals surface area contributed by atoms with Crippen molar-refractivity contribution in [2.24, 2.45) is 0 Å². The van der Waals surface area contributed by atoms with Gasteiger partial charge in [-0.2, -0.15) is 0 Å². The number of hydrogen-bond acceptors (Lipinski definition) is 7. The van der Waals surface area contributed by atoms with Crippen LogP contribution in [0.1, 0.15) is 53.7 Å². The minimum Gasteiger partial charge on any atom is -0.493 e. The van der Waals surface area contributed by atoms with Crippen LogP contribution in [0.5, 0.6) is 23.0 Å². The molecule has 9 nitrogen and oxygen atoms in total. The molecule has 0 saturated carbocycles. The van der Waals surface area contributed by atoms with E-state index in [2.05, 4.69) is 24.1 Å². The normalized spacial score (nSPS) is 16.9.